The summed E-state index contributed by atoms with van der Waals surface area (Å²) in [5.74, 6) is 0.389. The van der Waals surface area contributed by atoms with E-state index in [1.807, 2.05) is 0 Å². The highest BCUT2D eigenvalue weighted by Gasteiger charge is 2.39. The fourth-order valence-electron chi connectivity index (χ4n) is 3.27. The van der Waals surface area contributed by atoms with Crippen LogP contribution < -0.4 is 5.73 Å². The molecule has 1 aliphatic carbocycles. The molecule has 0 aromatic heterocycles. The van der Waals surface area contributed by atoms with Crippen molar-refractivity contribution in [2.24, 2.45) is 11.1 Å². The van der Waals surface area contributed by atoms with E-state index in [-0.39, 0.29) is 5.41 Å². The summed E-state index contributed by atoms with van der Waals surface area (Å²) in [6.45, 7) is 8.70. The zero-order valence-electron chi connectivity index (χ0n) is 11.8. The van der Waals surface area contributed by atoms with Gasteiger partial charge >= 0.3 is 0 Å². The monoisotopic (exact) mass is 253 g/mol. The number of nitrogens with zero attached hydrogens (tertiary/aromatic N) is 2. The van der Waals surface area contributed by atoms with Crippen LogP contribution in [0.1, 0.15) is 39.5 Å². The lowest BCUT2D eigenvalue weighted by Gasteiger charge is -2.40. The molecule has 1 saturated heterocycles. The normalized spacial score (nSPS) is 26.3. The first-order chi connectivity index (χ1) is 8.57. The van der Waals surface area contributed by atoms with Crippen LogP contribution in [0.25, 0.3) is 0 Å². The van der Waals surface area contributed by atoms with Crippen molar-refractivity contribution in [3.63, 3.8) is 0 Å². The van der Waals surface area contributed by atoms with Crippen molar-refractivity contribution in [2.45, 2.75) is 45.6 Å². The molecule has 0 bridgehead atoms. The molecule has 2 aliphatic rings. The van der Waals surface area contributed by atoms with Crippen LogP contribution in [0.4, 0.5) is 0 Å². The van der Waals surface area contributed by atoms with Crippen LogP contribution in [0, 0.1) is 5.41 Å². The van der Waals surface area contributed by atoms with E-state index in [1.54, 1.807) is 0 Å². The van der Waals surface area contributed by atoms with Gasteiger partial charge in [-0.25, -0.2) is 0 Å². The molecule has 2 rings (SSSR count). The van der Waals surface area contributed by atoms with Gasteiger partial charge in [-0.05, 0) is 19.8 Å². The van der Waals surface area contributed by atoms with Gasteiger partial charge in [0, 0.05) is 44.2 Å². The Labute approximate surface area is 110 Å². The topological polar surface area (TPSA) is 49.6 Å². The zero-order chi connectivity index (χ0) is 13.2. The predicted molar refractivity (Wildman–Crippen MR) is 73.2 cm³/mol. The average molecular weight is 253 g/mol. The van der Waals surface area contributed by atoms with Crippen LogP contribution in [0.2, 0.25) is 0 Å². The number of piperazine rings is 1. The van der Waals surface area contributed by atoms with Crippen LogP contribution in [-0.4, -0.2) is 54.5 Å². The van der Waals surface area contributed by atoms with E-state index in [2.05, 4.69) is 23.6 Å². The van der Waals surface area contributed by atoms with Crippen molar-refractivity contribution in [3.8, 4) is 0 Å². The Bertz CT molecular complexity index is 291. The molecule has 1 atom stereocenters. The lowest BCUT2D eigenvalue weighted by molar-refractivity contribution is -0.143. The van der Waals surface area contributed by atoms with Gasteiger partial charge in [-0.2, -0.15) is 0 Å². The molecule has 0 aromatic rings. The number of amides is 1. The molecule has 2 fully saturated rings. The van der Waals surface area contributed by atoms with Crippen LogP contribution in [0.15, 0.2) is 0 Å². The molecule has 1 unspecified atom stereocenters. The van der Waals surface area contributed by atoms with E-state index in [0.29, 0.717) is 18.5 Å². The minimum Gasteiger partial charge on any atom is -0.340 e. The molecular weight excluding hydrogens is 226 g/mol. The van der Waals surface area contributed by atoms with Gasteiger partial charge < -0.3 is 10.6 Å². The second-order valence-electron chi connectivity index (χ2n) is 6.18. The molecule has 1 amide bonds. The van der Waals surface area contributed by atoms with Gasteiger partial charge in [0.25, 0.3) is 0 Å². The van der Waals surface area contributed by atoms with Crippen molar-refractivity contribution in [3.05, 3.63) is 0 Å². The minimum atomic E-state index is -0.0678. The molecule has 1 aliphatic heterocycles. The Morgan fingerprint density at radius 3 is 2.28 bits per heavy atom. The van der Waals surface area contributed by atoms with Crippen LogP contribution in [-0.2, 0) is 4.79 Å². The van der Waals surface area contributed by atoms with E-state index in [1.165, 1.54) is 12.8 Å². The summed E-state index contributed by atoms with van der Waals surface area (Å²) in [6, 6.07) is 0.435. The van der Waals surface area contributed by atoms with Crippen LogP contribution in [0.5, 0.6) is 0 Å². The van der Waals surface area contributed by atoms with Crippen molar-refractivity contribution >= 4 is 5.91 Å². The standard InChI is InChI=1S/C14H27N3O/c1-12(11-15)16-7-9-17(10-8-16)13(18)14(2)5-3-4-6-14/h12H,3-11,15H2,1-2H3. The third kappa shape index (κ3) is 2.69. The first-order valence-electron chi connectivity index (χ1n) is 7.30. The van der Waals surface area contributed by atoms with Crippen molar-refractivity contribution in [1.82, 2.24) is 9.80 Å². The summed E-state index contributed by atoms with van der Waals surface area (Å²) in [7, 11) is 0. The maximum Gasteiger partial charge on any atom is 0.228 e. The van der Waals surface area contributed by atoms with E-state index < -0.39 is 0 Å². The SMILES string of the molecule is CC(CN)N1CCN(C(=O)C2(C)CCCC2)CC1. The molecule has 1 heterocycles. The number of hydrogen-bond acceptors (Lipinski definition) is 3. The highest BCUT2D eigenvalue weighted by Crippen LogP contribution is 2.39. The fourth-order valence-corrected chi connectivity index (χ4v) is 3.27. The Morgan fingerprint density at radius 2 is 1.78 bits per heavy atom. The van der Waals surface area contributed by atoms with Gasteiger partial charge in [0.2, 0.25) is 5.91 Å². The Kier molecular flexibility index (Phi) is 4.28. The molecule has 2 N–H and O–H groups in total. The lowest BCUT2D eigenvalue weighted by atomic mass is 9.87. The molecule has 0 spiro atoms. The summed E-state index contributed by atoms with van der Waals surface area (Å²) in [5, 5.41) is 0. The van der Waals surface area contributed by atoms with Gasteiger partial charge in [0.05, 0.1) is 0 Å². The molecule has 0 aromatic carbocycles. The largest absolute Gasteiger partial charge is 0.340 e. The van der Waals surface area contributed by atoms with E-state index >= 15 is 0 Å². The van der Waals surface area contributed by atoms with Crippen molar-refractivity contribution in [2.75, 3.05) is 32.7 Å². The smallest absolute Gasteiger partial charge is 0.228 e. The predicted octanol–water partition coefficient (Wildman–Crippen LogP) is 1.06. The first kappa shape index (κ1) is 13.8. The van der Waals surface area contributed by atoms with Gasteiger partial charge in [-0.1, -0.05) is 19.8 Å². The summed E-state index contributed by atoms with van der Waals surface area (Å²) < 4.78 is 0. The quantitative estimate of drug-likeness (QED) is 0.818. The second-order valence-corrected chi connectivity index (χ2v) is 6.18. The highest BCUT2D eigenvalue weighted by atomic mass is 16.2. The van der Waals surface area contributed by atoms with Gasteiger partial charge in [-0.15, -0.1) is 0 Å². The first-order valence-corrected chi connectivity index (χ1v) is 7.30. The Balaban J connectivity index is 1.88. The van der Waals surface area contributed by atoms with Gasteiger partial charge in [0.15, 0.2) is 0 Å². The minimum absolute atomic E-state index is 0.0678. The van der Waals surface area contributed by atoms with E-state index in [9.17, 15) is 4.79 Å². The number of hydrogen-bond donors (Lipinski definition) is 1. The fraction of sp³-hybridized carbons (Fsp3) is 0.929. The summed E-state index contributed by atoms with van der Waals surface area (Å²) in [4.78, 5) is 17.0. The maximum atomic E-state index is 12.6. The molecule has 4 heteroatoms. The molecular formula is C14H27N3O. The molecule has 18 heavy (non-hydrogen) atoms. The van der Waals surface area contributed by atoms with Crippen molar-refractivity contribution in [1.29, 1.82) is 0 Å². The average Bonchev–Trinajstić information content (AvgIpc) is 2.85. The summed E-state index contributed by atoms with van der Waals surface area (Å²) >= 11 is 0. The molecule has 1 saturated carbocycles. The zero-order valence-corrected chi connectivity index (χ0v) is 11.8. The number of nitrogens with two attached hydrogens (primary N) is 1. The van der Waals surface area contributed by atoms with E-state index in [0.717, 1.165) is 39.0 Å². The highest BCUT2D eigenvalue weighted by molar-refractivity contribution is 5.82. The molecule has 104 valence electrons. The number of rotatable bonds is 3. The molecule has 4 nitrogen and oxygen atoms in total. The lowest BCUT2D eigenvalue weighted by Crippen LogP contribution is -2.55. The van der Waals surface area contributed by atoms with E-state index in [4.69, 9.17) is 5.73 Å². The Hall–Kier alpha value is -0.610. The maximum absolute atomic E-state index is 12.6. The third-order valence-corrected chi connectivity index (χ3v) is 4.79. The van der Waals surface area contributed by atoms with Gasteiger partial charge in [0.1, 0.15) is 0 Å². The Morgan fingerprint density at radius 1 is 1.22 bits per heavy atom. The van der Waals surface area contributed by atoms with Crippen molar-refractivity contribution < 1.29 is 4.79 Å². The summed E-state index contributed by atoms with van der Waals surface area (Å²) in [5.41, 5.74) is 5.63. The van der Waals surface area contributed by atoms with Crippen LogP contribution >= 0.6 is 0 Å². The second kappa shape index (κ2) is 5.57. The summed E-state index contributed by atoms with van der Waals surface area (Å²) in [6.07, 6.45) is 4.58. The van der Waals surface area contributed by atoms with Gasteiger partial charge in [-0.3, -0.25) is 9.69 Å². The number of carbonyl (C=O) groups is 1. The molecule has 0 radical (unpaired) electrons. The van der Waals surface area contributed by atoms with Crippen LogP contribution in [0.3, 0.4) is 0 Å². The number of carbonyl (C=O) groups excluding carboxylic acids is 1. The third-order valence-electron chi connectivity index (χ3n) is 4.79.